The molecular formula is C23H25IN4O2. The van der Waals surface area contributed by atoms with Gasteiger partial charge in [0, 0.05) is 19.8 Å². The van der Waals surface area contributed by atoms with Gasteiger partial charge in [0.25, 0.3) is 0 Å². The van der Waals surface area contributed by atoms with E-state index in [1.165, 1.54) is 0 Å². The van der Waals surface area contributed by atoms with Gasteiger partial charge in [0.2, 0.25) is 0 Å². The molecule has 0 amide bonds. The maximum Gasteiger partial charge on any atom is 0.338 e. The third-order valence-corrected chi connectivity index (χ3v) is 4.22. The summed E-state index contributed by atoms with van der Waals surface area (Å²) in [4.78, 5) is 20.8. The van der Waals surface area contributed by atoms with Crippen LogP contribution in [0.25, 0.3) is 0 Å². The van der Waals surface area contributed by atoms with Crippen molar-refractivity contribution in [2.24, 2.45) is 4.99 Å². The molecule has 1 heterocycles. The predicted octanol–water partition coefficient (Wildman–Crippen LogP) is 3.92. The van der Waals surface area contributed by atoms with E-state index in [4.69, 9.17) is 4.74 Å². The summed E-state index contributed by atoms with van der Waals surface area (Å²) in [5.74, 6) is 0.320. The predicted molar refractivity (Wildman–Crippen MR) is 129 cm³/mol. The van der Waals surface area contributed by atoms with Crippen LogP contribution in [0.1, 0.15) is 27.2 Å². The average Bonchev–Trinajstić information content (AvgIpc) is 2.79. The van der Waals surface area contributed by atoms with Crippen molar-refractivity contribution in [3.63, 3.8) is 0 Å². The summed E-state index contributed by atoms with van der Waals surface area (Å²) < 4.78 is 5.40. The zero-order chi connectivity index (χ0) is 20.3. The van der Waals surface area contributed by atoms with E-state index in [0.29, 0.717) is 24.6 Å². The molecule has 156 valence electrons. The van der Waals surface area contributed by atoms with Gasteiger partial charge in [0.15, 0.2) is 5.96 Å². The highest BCUT2D eigenvalue weighted by Crippen LogP contribution is 2.09. The number of hydrogen-bond donors (Lipinski definition) is 2. The van der Waals surface area contributed by atoms with Crippen LogP contribution in [0.4, 0.5) is 0 Å². The first kappa shape index (κ1) is 23.3. The molecule has 0 spiro atoms. The van der Waals surface area contributed by atoms with Crippen LogP contribution in [0, 0.1) is 0 Å². The van der Waals surface area contributed by atoms with Gasteiger partial charge >= 0.3 is 5.97 Å². The normalized spacial score (nSPS) is 10.6. The largest absolute Gasteiger partial charge is 0.457 e. The van der Waals surface area contributed by atoms with Crippen LogP contribution in [0.3, 0.4) is 0 Å². The Morgan fingerprint density at radius 3 is 2.40 bits per heavy atom. The van der Waals surface area contributed by atoms with E-state index in [2.05, 4.69) is 20.6 Å². The first-order valence-corrected chi connectivity index (χ1v) is 9.39. The molecule has 0 atom stereocenters. The van der Waals surface area contributed by atoms with Crippen molar-refractivity contribution >= 4 is 35.9 Å². The Morgan fingerprint density at radius 1 is 0.933 bits per heavy atom. The van der Waals surface area contributed by atoms with Crippen LogP contribution < -0.4 is 10.6 Å². The number of pyridine rings is 1. The van der Waals surface area contributed by atoms with Crippen LogP contribution in [-0.2, 0) is 24.4 Å². The molecule has 6 nitrogen and oxygen atoms in total. The summed E-state index contributed by atoms with van der Waals surface area (Å²) in [7, 11) is 1.71. The van der Waals surface area contributed by atoms with E-state index >= 15 is 0 Å². The van der Waals surface area contributed by atoms with Gasteiger partial charge in [-0.3, -0.25) is 9.98 Å². The van der Waals surface area contributed by atoms with Crippen LogP contribution in [0.15, 0.2) is 84.0 Å². The van der Waals surface area contributed by atoms with Crippen LogP contribution >= 0.6 is 24.0 Å². The van der Waals surface area contributed by atoms with Crippen LogP contribution in [0.5, 0.6) is 0 Å². The molecule has 0 aliphatic rings. The Labute approximate surface area is 193 Å². The number of ether oxygens (including phenoxy) is 1. The molecule has 1 aromatic heterocycles. The van der Waals surface area contributed by atoms with E-state index < -0.39 is 0 Å². The molecule has 30 heavy (non-hydrogen) atoms. The summed E-state index contributed by atoms with van der Waals surface area (Å²) >= 11 is 0. The zero-order valence-corrected chi connectivity index (χ0v) is 19.1. The van der Waals surface area contributed by atoms with Crippen LogP contribution in [-0.4, -0.2) is 24.0 Å². The molecule has 0 aliphatic heterocycles. The molecule has 3 rings (SSSR count). The Kier molecular flexibility index (Phi) is 9.79. The number of halogens is 1. The summed E-state index contributed by atoms with van der Waals surface area (Å²) in [6, 6.07) is 22.8. The van der Waals surface area contributed by atoms with E-state index in [0.717, 1.165) is 16.8 Å². The Hall–Kier alpha value is -2.94. The topological polar surface area (TPSA) is 75.6 Å². The van der Waals surface area contributed by atoms with E-state index in [1.54, 1.807) is 19.3 Å². The SMILES string of the molecule is CN=C(NCc1cccc(C(=O)OCc2ccccc2)c1)NCc1ccccn1.I. The summed E-state index contributed by atoms with van der Waals surface area (Å²) in [5, 5.41) is 6.46. The molecule has 0 saturated carbocycles. The van der Waals surface area contributed by atoms with E-state index in [9.17, 15) is 4.79 Å². The molecular weight excluding hydrogens is 491 g/mol. The summed E-state index contributed by atoms with van der Waals surface area (Å²) in [6.45, 7) is 1.36. The standard InChI is InChI=1S/C23H24N4O2.HI/c1-24-23(27-16-21-12-5-6-13-25-21)26-15-19-10-7-11-20(14-19)22(28)29-17-18-8-3-2-4-9-18;/h2-14H,15-17H2,1H3,(H2,24,26,27);1H. The second kappa shape index (κ2) is 12.6. The second-order valence-corrected chi connectivity index (χ2v) is 6.36. The number of carbonyl (C=O) groups is 1. The average molecular weight is 516 g/mol. The number of nitrogens with zero attached hydrogens (tertiary/aromatic N) is 2. The maximum absolute atomic E-state index is 12.3. The lowest BCUT2D eigenvalue weighted by molar-refractivity contribution is 0.0472. The smallest absolute Gasteiger partial charge is 0.338 e. The first-order valence-electron chi connectivity index (χ1n) is 9.39. The van der Waals surface area contributed by atoms with Crippen LogP contribution in [0.2, 0.25) is 0 Å². The number of esters is 1. The number of benzene rings is 2. The lowest BCUT2D eigenvalue weighted by Gasteiger charge is -2.12. The Balaban J connectivity index is 0.00000320. The molecule has 0 bridgehead atoms. The number of aromatic nitrogens is 1. The molecule has 0 saturated heterocycles. The first-order chi connectivity index (χ1) is 14.2. The number of guanidine groups is 1. The lowest BCUT2D eigenvalue weighted by Crippen LogP contribution is -2.36. The van der Waals surface area contributed by atoms with Crippen molar-refractivity contribution in [2.75, 3.05) is 7.05 Å². The molecule has 3 aromatic rings. The maximum atomic E-state index is 12.3. The number of rotatable bonds is 7. The summed E-state index contributed by atoms with van der Waals surface area (Å²) in [5.41, 5.74) is 3.37. The third kappa shape index (κ3) is 7.47. The van der Waals surface area contributed by atoms with E-state index in [-0.39, 0.29) is 36.6 Å². The minimum Gasteiger partial charge on any atom is -0.457 e. The van der Waals surface area contributed by atoms with Crippen molar-refractivity contribution in [1.29, 1.82) is 0 Å². The van der Waals surface area contributed by atoms with Gasteiger partial charge in [-0.15, -0.1) is 24.0 Å². The molecule has 2 aromatic carbocycles. The molecule has 2 N–H and O–H groups in total. The molecule has 0 unspecified atom stereocenters. The van der Waals surface area contributed by atoms with Gasteiger partial charge in [-0.1, -0.05) is 48.5 Å². The van der Waals surface area contributed by atoms with Gasteiger partial charge in [-0.05, 0) is 35.4 Å². The number of aliphatic imine (C=N–C) groups is 1. The number of hydrogen-bond acceptors (Lipinski definition) is 4. The molecule has 0 radical (unpaired) electrons. The molecule has 0 aliphatic carbocycles. The van der Waals surface area contributed by atoms with Crippen molar-refractivity contribution in [1.82, 2.24) is 15.6 Å². The van der Waals surface area contributed by atoms with Gasteiger partial charge in [-0.25, -0.2) is 4.79 Å². The fraction of sp³-hybridized carbons (Fsp3) is 0.174. The fourth-order valence-corrected chi connectivity index (χ4v) is 2.70. The highest BCUT2D eigenvalue weighted by atomic mass is 127. The highest BCUT2D eigenvalue weighted by molar-refractivity contribution is 14.0. The second-order valence-electron chi connectivity index (χ2n) is 6.36. The van der Waals surface area contributed by atoms with Crippen molar-refractivity contribution < 1.29 is 9.53 Å². The Morgan fingerprint density at radius 2 is 1.67 bits per heavy atom. The van der Waals surface area contributed by atoms with Crippen molar-refractivity contribution in [2.45, 2.75) is 19.7 Å². The van der Waals surface area contributed by atoms with Gasteiger partial charge in [0.05, 0.1) is 17.8 Å². The van der Waals surface area contributed by atoms with Gasteiger partial charge in [-0.2, -0.15) is 0 Å². The highest BCUT2D eigenvalue weighted by Gasteiger charge is 2.08. The molecule has 7 heteroatoms. The molecule has 0 fully saturated rings. The fourth-order valence-electron chi connectivity index (χ4n) is 2.70. The third-order valence-electron chi connectivity index (χ3n) is 4.22. The van der Waals surface area contributed by atoms with Crippen molar-refractivity contribution in [3.05, 3.63) is 101 Å². The lowest BCUT2D eigenvalue weighted by atomic mass is 10.1. The van der Waals surface area contributed by atoms with E-state index in [1.807, 2.05) is 66.7 Å². The van der Waals surface area contributed by atoms with Gasteiger partial charge in [0.1, 0.15) is 6.61 Å². The van der Waals surface area contributed by atoms with Crippen molar-refractivity contribution in [3.8, 4) is 0 Å². The summed E-state index contributed by atoms with van der Waals surface area (Å²) in [6.07, 6.45) is 1.76. The minimum absolute atomic E-state index is 0. The number of carbonyl (C=O) groups excluding carboxylic acids is 1. The number of nitrogens with one attached hydrogen (secondary N) is 2. The monoisotopic (exact) mass is 516 g/mol. The quantitative estimate of drug-likeness (QED) is 0.216. The zero-order valence-electron chi connectivity index (χ0n) is 16.7. The Bertz CT molecular complexity index is 950. The minimum atomic E-state index is -0.339. The van der Waals surface area contributed by atoms with Gasteiger partial charge < -0.3 is 15.4 Å².